The van der Waals surface area contributed by atoms with Gasteiger partial charge in [-0.3, -0.25) is 4.99 Å². The van der Waals surface area contributed by atoms with Crippen molar-refractivity contribution in [3.8, 4) is 0 Å². The predicted molar refractivity (Wildman–Crippen MR) is 82.4 cm³/mol. The molecule has 0 spiro atoms. The van der Waals surface area contributed by atoms with Crippen LogP contribution in [0.15, 0.2) is 71.7 Å². The molecule has 0 heterocycles. The second-order valence-electron chi connectivity index (χ2n) is 4.15. The number of aliphatic imine (C=N–C) groups is 1. The number of nitrogens with zero attached hydrogens (tertiary/aromatic N) is 1. The first-order valence-electron chi connectivity index (χ1n) is 6.32. The summed E-state index contributed by atoms with van der Waals surface area (Å²) in [5.74, 6) is 0. The number of hydrogen-bond acceptors (Lipinski definition) is 2. The van der Waals surface area contributed by atoms with Crippen LogP contribution in [0.3, 0.4) is 0 Å². The summed E-state index contributed by atoms with van der Waals surface area (Å²) in [6.45, 7) is 0. The molecule has 2 heteroatoms. The molecule has 2 aromatic carbocycles. The number of allylic oxidation sites excluding steroid dienone is 1. The van der Waals surface area contributed by atoms with E-state index in [0.29, 0.717) is 0 Å². The van der Waals surface area contributed by atoms with Crippen LogP contribution in [0.4, 0.5) is 0 Å². The first-order valence-corrected chi connectivity index (χ1v) is 6.32. The number of benzene rings is 2. The molecule has 0 radical (unpaired) electrons. The van der Waals surface area contributed by atoms with Gasteiger partial charge in [-0.1, -0.05) is 60.7 Å². The van der Waals surface area contributed by atoms with Gasteiger partial charge in [0.2, 0.25) is 0 Å². The summed E-state index contributed by atoms with van der Waals surface area (Å²) < 4.78 is 0. The molecule has 2 aromatic rings. The van der Waals surface area contributed by atoms with Gasteiger partial charge in [0.1, 0.15) is 0 Å². The van der Waals surface area contributed by atoms with Crippen molar-refractivity contribution in [1.29, 1.82) is 0 Å². The fraction of sp³-hybridized carbons (Fsp3) is 0.118. The quantitative estimate of drug-likeness (QED) is 0.827. The zero-order chi connectivity index (χ0) is 13.5. The molecule has 0 bridgehead atoms. The Morgan fingerprint density at radius 3 is 1.89 bits per heavy atom. The molecular formula is C17H18N2. The van der Waals surface area contributed by atoms with Gasteiger partial charge in [-0.15, -0.1) is 0 Å². The normalized spacial score (nSPS) is 12.3. The maximum atomic E-state index is 4.37. The van der Waals surface area contributed by atoms with Crippen LogP contribution in [0, 0.1) is 0 Å². The summed E-state index contributed by atoms with van der Waals surface area (Å²) in [5, 5.41) is 3.23. The number of nitrogens with one attached hydrogen (secondary N) is 1. The summed E-state index contributed by atoms with van der Waals surface area (Å²) in [4.78, 5) is 4.37. The van der Waals surface area contributed by atoms with E-state index < -0.39 is 0 Å². The zero-order valence-corrected chi connectivity index (χ0v) is 11.3. The van der Waals surface area contributed by atoms with Gasteiger partial charge in [-0.05, 0) is 17.2 Å². The van der Waals surface area contributed by atoms with Crippen molar-refractivity contribution in [3.05, 3.63) is 77.9 Å². The standard InChI is InChI=1S/C17H18N2/c1-18-16(14-9-5-3-6-10-14)13-17(19-2)15-11-7-4-8-12-15/h3-13,18H,1-2H3/b16-13-,19-17?. The van der Waals surface area contributed by atoms with E-state index in [-0.39, 0.29) is 0 Å². The van der Waals surface area contributed by atoms with Gasteiger partial charge in [-0.25, -0.2) is 0 Å². The summed E-state index contributed by atoms with van der Waals surface area (Å²) in [6.07, 6.45) is 2.07. The van der Waals surface area contributed by atoms with E-state index in [2.05, 4.69) is 40.7 Å². The molecule has 0 aliphatic carbocycles. The highest BCUT2D eigenvalue weighted by Crippen LogP contribution is 2.12. The van der Waals surface area contributed by atoms with E-state index in [1.54, 1.807) is 0 Å². The molecule has 0 unspecified atom stereocenters. The number of hydrogen-bond donors (Lipinski definition) is 1. The summed E-state index contributed by atoms with van der Waals surface area (Å²) in [7, 11) is 3.74. The Hall–Kier alpha value is -2.35. The molecule has 2 rings (SSSR count). The Morgan fingerprint density at radius 2 is 1.42 bits per heavy atom. The maximum absolute atomic E-state index is 4.37. The van der Waals surface area contributed by atoms with E-state index in [1.165, 1.54) is 0 Å². The highest BCUT2D eigenvalue weighted by molar-refractivity contribution is 6.12. The Balaban J connectivity index is 2.37. The molecular weight excluding hydrogens is 232 g/mol. The SMILES string of the molecule is CN=C(/C=C(\NC)c1ccccc1)c1ccccc1. The highest BCUT2D eigenvalue weighted by Gasteiger charge is 2.03. The molecule has 19 heavy (non-hydrogen) atoms. The van der Waals surface area contributed by atoms with Crippen LogP contribution >= 0.6 is 0 Å². The lowest BCUT2D eigenvalue weighted by molar-refractivity contribution is 1.13. The highest BCUT2D eigenvalue weighted by atomic mass is 14.8. The molecule has 0 saturated carbocycles. The van der Waals surface area contributed by atoms with Crippen molar-refractivity contribution >= 4 is 11.4 Å². The van der Waals surface area contributed by atoms with Crippen LogP contribution in [0.25, 0.3) is 5.70 Å². The minimum atomic E-state index is 0.966. The van der Waals surface area contributed by atoms with Crippen LogP contribution in [-0.4, -0.2) is 19.8 Å². The average Bonchev–Trinajstić information content (AvgIpc) is 2.50. The van der Waals surface area contributed by atoms with Crippen molar-refractivity contribution in [3.63, 3.8) is 0 Å². The van der Waals surface area contributed by atoms with Gasteiger partial charge in [0, 0.05) is 19.8 Å². The largest absolute Gasteiger partial charge is 0.388 e. The van der Waals surface area contributed by atoms with E-state index in [0.717, 1.165) is 22.5 Å². The molecule has 96 valence electrons. The molecule has 0 fully saturated rings. The molecule has 0 atom stereocenters. The Labute approximate surface area is 114 Å². The van der Waals surface area contributed by atoms with E-state index in [9.17, 15) is 0 Å². The van der Waals surface area contributed by atoms with Crippen LogP contribution in [0.1, 0.15) is 11.1 Å². The van der Waals surface area contributed by atoms with Gasteiger partial charge < -0.3 is 5.32 Å². The van der Waals surface area contributed by atoms with E-state index in [1.807, 2.05) is 50.5 Å². The Bertz CT molecular complexity index is 569. The van der Waals surface area contributed by atoms with Crippen molar-refractivity contribution in [2.24, 2.45) is 4.99 Å². The third kappa shape index (κ3) is 3.32. The zero-order valence-electron chi connectivity index (χ0n) is 11.3. The topological polar surface area (TPSA) is 24.4 Å². The molecule has 0 aliphatic rings. The molecule has 0 aliphatic heterocycles. The van der Waals surface area contributed by atoms with Gasteiger partial charge in [0.15, 0.2) is 0 Å². The van der Waals surface area contributed by atoms with Gasteiger partial charge >= 0.3 is 0 Å². The summed E-state index contributed by atoms with van der Waals surface area (Å²) in [5.41, 5.74) is 4.30. The molecule has 1 N–H and O–H groups in total. The van der Waals surface area contributed by atoms with E-state index in [4.69, 9.17) is 0 Å². The van der Waals surface area contributed by atoms with Crippen molar-refractivity contribution in [2.75, 3.05) is 14.1 Å². The number of rotatable bonds is 4. The summed E-state index contributed by atoms with van der Waals surface area (Å²) in [6, 6.07) is 20.4. The lowest BCUT2D eigenvalue weighted by Crippen LogP contribution is -2.08. The Kier molecular flexibility index (Phi) is 4.51. The van der Waals surface area contributed by atoms with Gasteiger partial charge in [0.05, 0.1) is 5.71 Å². The second-order valence-corrected chi connectivity index (χ2v) is 4.15. The monoisotopic (exact) mass is 250 g/mol. The summed E-state index contributed by atoms with van der Waals surface area (Å²) >= 11 is 0. The third-order valence-corrected chi connectivity index (χ3v) is 2.95. The third-order valence-electron chi connectivity index (χ3n) is 2.95. The van der Waals surface area contributed by atoms with Gasteiger partial charge in [-0.2, -0.15) is 0 Å². The fourth-order valence-electron chi connectivity index (χ4n) is 1.94. The average molecular weight is 250 g/mol. The van der Waals surface area contributed by atoms with Crippen molar-refractivity contribution < 1.29 is 0 Å². The van der Waals surface area contributed by atoms with Crippen molar-refractivity contribution in [1.82, 2.24) is 5.32 Å². The lowest BCUT2D eigenvalue weighted by Gasteiger charge is -2.08. The first-order chi connectivity index (χ1) is 9.35. The van der Waals surface area contributed by atoms with Crippen LogP contribution in [-0.2, 0) is 0 Å². The fourth-order valence-corrected chi connectivity index (χ4v) is 1.94. The second kappa shape index (κ2) is 6.55. The lowest BCUT2D eigenvalue weighted by atomic mass is 10.1. The molecule has 0 aromatic heterocycles. The van der Waals surface area contributed by atoms with Gasteiger partial charge in [0.25, 0.3) is 0 Å². The smallest absolute Gasteiger partial charge is 0.0663 e. The van der Waals surface area contributed by atoms with Crippen LogP contribution < -0.4 is 5.32 Å². The molecule has 0 amide bonds. The predicted octanol–water partition coefficient (Wildman–Crippen LogP) is 3.37. The van der Waals surface area contributed by atoms with Crippen LogP contribution in [0.2, 0.25) is 0 Å². The Morgan fingerprint density at radius 1 is 0.895 bits per heavy atom. The minimum Gasteiger partial charge on any atom is -0.388 e. The first kappa shape index (κ1) is 13.1. The maximum Gasteiger partial charge on any atom is 0.0663 e. The van der Waals surface area contributed by atoms with E-state index >= 15 is 0 Å². The van der Waals surface area contributed by atoms with Crippen LogP contribution in [0.5, 0.6) is 0 Å². The minimum absolute atomic E-state index is 0.966. The molecule has 0 saturated heterocycles. The molecule has 2 nitrogen and oxygen atoms in total. The van der Waals surface area contributed by atoms with Crippen molar-refractivity contribution in [2.45, 2.75) is 0 Å².